The second kappa shape index (κ2) is 10.4. The lowest BCUT2D eigenvalue weighted by Crippen LogP contribution is -3.13. The Bertz CT molecular complexity index is 1200. The van der Waals surface area contributed by atoms with Gasteiger partial charge in [0.05, 0.1) is 26.2 Å². The summed E-state index contributed by atoms with van der Waals surface area (Å²) in [6.07, 6.45) is 0. The summed E-state index contributed by atoms with van der Waals surface area (Å²) >= 11 is 0. The first-order valence-electron chi connectivity index (χ1n) is 11.9. The molecule has 1 saturated heterocycles. The number of piperazine rings is 1. The predicted octanol–water partition coefficient (Wildman–Crippen LogP) is 4.51. The van der Waals surface area contributed by atoms with Gasteiger partial charge in [-0.3, -0.25) is 4.79 Å². The van der Waals surface area contributed by atoms with Gasteiger partial charge in [0.1, 0.15) is 6.54 Å². The highest BCUT2D eigenvalue weighted by atomic mass is 16.1. The monoisotopic (exact) mass is 448 g/mol. The SMILES string of the molecule is O=C(Nc1ccc(N2CC[NH+](Cc3ccccc3)CC2)cc1)c1ccc(-c2ccccc2)cc1. The van der Waals surface area contributed by atoms with Crippen molar-refractivity contribution in [2.45, 2.75) is 6.54 Å². The first kappa shape index (κ1) is 21.9. The highest BCUT2D eigenvalue weighted by Gasteiger charge is 2.20. The zero-order valence-corrected chi connectivity index (χ0v) is 19.3. The highest BCUT2D eigenvalue weighted by molar-refractivity contribution is 6.04. The number of anilines is 2. The van der Waals surface area contributed by atoms with Crippen molar-refractivity contribution in [2.75, 3.05) is 36.4 Å². The largest absolute Gasteiger partial charge is 0.360 e. The lowest BCUT2D eigenvalue weighted by molar-refractivity contribution is -0.914. The van der Waals surface area contributed by atoms with Gasteiger partial charge in [-0.15, -0.1) is 0 Å². The summed E-state index contributed by atoms with van der Waals surface area (Å²) in [7, 11) is 0. The van der Waals surface area contributed by atoms with Gasteiger partial charge in [0.2, 0.25) is 0 Å². The van der Waals surface area contributed by atoms with Gasteiger partial charge < -0.3 is 15.1 Å². The van der Waals surface area contributed by atoms with Crippen LogP contribution in [-0.2, 0) is 6.54 Å². The zero-order valence-electron chi connectivity index (χ0n) is 19.3. The summed E-state index contributed by atoms with van der Waals surface area (Å²) in [6, 6.07) is 36.9. The van der Waals surface area contributed by atoms with E-state index in [-0.39, 0.29) is 5.91 Å². The highest BCUT2D eigenvalue weighted by Crippen LogP contribution is 2.21. The maximum absolute atomic E-state index is 12.7. The first-order chi connectivity index (χ1) is 16.7. The number of carbonyl (C=O) groups excluding carboxylic acids is 1. The van der Waals surface area contributed by atoms with Crippen LogP contribution in [0.3, 0.4) is 0 Å². The van der Waals surface area contributed by atoms with Crippen LogP contribution in [0.5, 0.6) is 0 Å². The molecule has 1 aliphatic heterocycles. The molecule has 1 heterocycles. The molecule has 0 saturated carbocycles. The van der Waals surface area contributed by atoms with Crippen molar-refractivity contribution in [3.63, 3.8) is 0 Å². The number of benzene rings is 4. The minimum Gasteiger partial charge on any atom is -0.360 e. The predicted molar refractivity (Wildman–Crippen MR) is 139 cm³/mol. The normalized spacial score (nSPS) is 14.1. The molecular weight excluding hydrogens is 418 g/mol. The van der Waals surface area contributed by atoms with Gasteiger partial charge in [0.25, 0.3) is 5.91 Å². The van der Waals surface area contributed by atoms with Crippen LogP contribution >= 0.6 is 0 Å². The third-order valence-electron chi connectivity index (χ3n) is 6.51. The maximum Gasteiger partial charge on any atom is 0.255 e. The Balaban J connectivity index is 1.14. The third-order valence-corrected chi connectivity index (χ3v) is 6.51. The van der Waals surface area contributed by atoms with E-state index in [2.05, 4.69) is 64.8 Å². The second-order valence-corrected chi connectivity index (χ2v) is 8.84. The Morgan fingerprint density at radius 2 is 1.29 bits per heavy atom. The Kier molecular flexibility index (Phi) is 6.68. The van der Waals surface area contributed by atoms with Crippen molar-refractivity contribution < 1.29 is 9.69 Å². The molecule has 1 fully saturated rings. The zero-order chi connectivity index (χ0) is 23.2. The van der Waals surface area contributed by atoms with Gasteiger partial charge in [-0.25, -0.2) is 0 Å². The molecule has 4 heteroatoms. The maximum atomic E-state index is 12.7. The van der Waals surface area contributed by atoms with Crippen molar-refractivity contribution in [3.8, 4) is 11.1 Å². The lowest BCUT2D eigenvalue weighted by Gasteiger charge is -2.33. The Hall–Kier alpha value is -3.89. The van der Waals surface area contributed by atoms with Crippen LogP contribution in [-0.4, -0.2) is 32.1 Å². The molecule has 4 nitrogen and oxygen atoms in total. The number of amides is 1. The molecule has 4 aromatic rings. The van der Waals surface area contributed by atoms with Crippen LogP contribution in [0.1, 0.15) is 15.9 Å². The molecule has 0 unspecified atom stereocenters. The second-order valence-electron chi connectivity index (χ2n) is 8.84. The fourth-order valence-corrected chi connectivity index (χ4v) is 4.55. The smallest absolute Gasteiger partial charge is 0.255 e. The molecule has 1 aliphatic rings. The van der Waals surface area contributed by atoms with E-state index in [9.17, 15) is 4.79 Å². The topological polar surface area (TPSA) is 36.8 Å². The molecule has 5 rings (SSSR count). The quantitative estimate of drug-likeness (QED) is 0.455. The summed E-state index contributed by atoms with van der Waals surface area (Å²) in [5.41, 5.74) is 6.33. The molecule has 0 aliphatic carbocycles. The van der Waals surface area contributed by atoms with Crippen molar-refractivity contribution in [1.82, 2.24) is 0 Å². The van der Waals surface area contributed by atoms with Crippen LogP contribution in [0, 0.1) is 0 Å². The standard InChI is InChI=1S/C30H29N3O/c34-30(27-13-11-26(12-14-27)25-9-5-2-6-10-25)31-28-15-17-29(18-16-28)33-21-19-32(20-22-33)23-24-7-3-1-4-8-24/h1-18H,19-23H2,(H,31,34)/p+1. The van der Waals surface area contributed by atoms with Gasteiger partial charge in [-0.2, -0.15) is 0 Å². The average Bonchev–Trinajstić information content (AvgIpc) is 2.91. The first-order valence-corrected chi connectivity index (χ1v) is 11.9. The number of rotatable bonds is 6. The summed E-state index contributed by atoms with van der Waals surface area (Å²) in [5, 5.41) is 3.02. The van der Waals surface area contributed by atoms with Crippen LogP contribution in [0.25, 0.3) is 11.1 Å². The molecule has 0 aromatic heterocycles. The average molecular weight is 449 g/mol. The molecule has 34 heavy (non-hydrogen) atoms. The van der Waals surface area contributed by atoms with E-state index < -0.39 is 0 Å². The summed E-state index contributed by atoms with van der Waals surface area (Å²) < 4.78 is 0. The molecule has 4 aromatic carbocycles. The number of carbonyl (C=O) groups is 1. The van der Waals surface area contributed by atoms with Crippen molar-refractivity contribution >= 4 is 17.3 Å². The van der Waals surface area contributed by atoms with Crippen molar-refractivity contribution in [2.24, 2.45) is 0 Å². The molecule has 170 valence electrons. The molecular formula is C30H30N3O+. The number of hydrogen-bond acceptors (Lipinski definition) is 2. The van der Waals surface area contributed by atoms with Gasteiger partial charge in [0.15, 0.2) is 0 Å². The summed E-state index contributed by atoms with van der Waals surface area (Å²) in [6.45, 7) is 5.44. The van der Waals surface area contributed by atoms with Gasteiger partial charge >= 0.3 is 0 Å². The minimum atomic E-state index is -0.0921. The van der Waals surface area contributed by atoms with Crippen molar-refractivity contribution in [1.29, 1.82) is 0 Å². The van der Waals surface area contributed by atoms with E-state index in [0.717, 1.165) is 49.5 Å². The van der Waals surface area contributed by atoms with E-state index in [0.29, 0.717) is 5.56 Å². The fourth-order valence-electron chi connectivity index (χ4n) is 4.55. The molecule has 0 spiro atoms. The third kappa shape index (κ3) is 5.36. The molecule has 0 bridgehead atoms. The van der Waals surface area contributed by atoms with Gasteiger partial charge in [0, 0.05) is 22.5 Å². The van der Waals surface area contributed by atoms with E-state index in [4.69, 9.17) is 0 Å². The Morgan fingerprint density at radius 3 is 1.94 bits per heavy atom. The minimum absolute atomic E-state index is 0.0921. The van der Waals surface area contributed by atoms with E-state index in [1.807, 2.05) is 54.6 Å². The molecule has 0 radical (unpaired) electrons. The Morgan fingerprint density at radius 1 is 0.706 bits per heavy atom. The van der Waals surface area contributed by atoms with E-state index in [1.165, 1.54) is 11.3 Å². The van der Waals surface area contributed by atoms with Crippen LogP contribution in [0.2, 0.25) is 0 Å². The molecule has 2 N–H and O–H groups in total. The number of nitrogens with zero attached hydrogens (tertiary/aromatic N) is 1. The van der Waals surface area contributed by atoms with Crippen molar-refractivity contribution in [3.05, 3.63) is 120 Å². The van der Waals surface area contributed by atoms with Gasteiger partial charge in [-0.1, -0.05) is 72.8 Å². The lowest BCUT2D eigenvalue weighted by atomic mass is 10.0. The number of hydrogen-bond donors (Lipinski definition) is 2. The summed E-state index contributed by atoms with van der Waals surface area (Å²) in [4.78, 5) is 16.8. The van der Waals surface area contributed by atoms with Crippen LogP contribution in [0.4, 0.5) is 11.4 Å². The Labute approximate surface area is 201 Å². The van der Waals surface area contributed by atoms with E-state index >= 15 is 0 Å². The summed E-state index contributed by atoms with van der Waals surface area (Å²) in [5.74, 6) is -0.0921. The van der Waals surface area contributed by atoms with E-state index in [1.54, 1.807) is 4.90 Å². The van der Waals surface area contributed by atoms with Crippen LogP contribution < -0.4 is 15.1 Å². The van der Waals surface area contributed by atoms with Gasteiger partial charge in [-0.05, 0) is 47.5 Å². The number of quaternary nitrogens is 1. The molecule has 0 atom stereocenters. The molecule has 1 amide bonds. The van der Waals surface area contributed by atoms with Crippen LogP contribution in [0.15, 0.2) is 109 Å². The fraction of sp³-hybridized carbons (Fsp3) is 0.167. The number of nitrogens with one attached hydrogen (secondary N) is 2.